The Morgan fingerprint density at radius 3 is 2.89 bits per heavy atom. The lowest BCUT2D eigenvalue weighted by molar-refractivity contribution is 1.00. The van der Waals surface area contributed by atoms with Crippen molar-refractivity contribution in [3.63, 3.8) is 0 Å². The van der Waals surface area contributed by atoms with Crippen molar-refractivity contribution in [2.24, 2.45) is 0 Å². The molecule has 1 aromatic carbocycles. The summed E-state index contributed by atoms with van der Waals surface area (Å²) in [6.07, 6.45) is 4.39. The third-order valence-electron chi connectivity index (χ3n) is 2.93. The number of benzene rings is 1. The minimum atomic E-state index is 0.265. The lowest BCUT2D eigenvalue weighted by atomic mass is 10.1. The summed E-state index contributed by atoms with van der Waals surface area (Å²) in [6, 6.07) is 8.06. The smallest absolute Gasteiger partial charge is 0.221 e. The van der Waals surface area contributed by atoms with Crippen LogP contribution in [0.5, 0.6) is 0 Å². The Bertz CT molecular complexity index is 701. The number of fused-ring (bicyclic) bond motifs is 1. The van der Waals surface area contributed by atoms with Gasteiger partial charge in [-0.3, -0.25) is 4.57 Å². The molecule has 0 saturated carbocycles. The summed E-state index contributed by atoms with van der Waals surface area (Å²) in [4.78, 5) is 12.5. The first-order chi connectivity index (χ1) is 8.78. The average Bonchev–Trinajstić information content (AvgIpc) is 2.81. The maximum Gasteiger partial charge on any atom is 0.221 e. The van der Waals surface area contributed by atoms with E-state index in [2.05, 4.69) is 34.0 Å². The Hall–Kier alpha value is -2.43. The summed E-state index contributed by atoms with van der Waals surface area (Å²) in [7, 11) is 0. The van der Waals surface area contributed by atoms with Gasteiger partial charge in [0.25, 0.3) is 0 Å². The van der Waals surface area contributed by atoms with Crippen molar-refractivity contribution < 1.29 is 0 Å². The van der Waals surface area contributed by atoms with E-state index in [1.54, 1.807) is 12.5 Å². The van der Waals surface area contributed by atoms with E-state index in [-0.39, 0.29) is 5.95 Å². The van der Waals surface area contributed by atoms with Gasteiger partial charge in [-0.1, -0.05) is 13.0 Å². The molecule has 2 N–H and O–H groups in total. The summed E-state index contributed by atoms with van der Waals surface area (Å²) in [5, 5.41) is 0. The van der Waals surface area contributed by atoms with Crippen molar-refractivity contribution in [3.05, 3.63) is 42.4 Å². The third-order valence-corrected chi connectivity index (χ3v) is 2.93. The van der Waals surface area contributed by atoms with Gasteiger partial charge < -0.3 is 5.73 Å². The zero-order valence-corrected chi connectivity index (χ0v) is 10.0. The number of nitrogens with two attached hydrogens (primary N) is 1. The lowest BCUT2D eigenvalue weighted by Crippen LogP contribution is -2.01. The molecule has 0 saturated heterocycles. The molecule has 0 fully saturated rings. The molecule has 3 rings (SSSR count). The molecule has 0 atom stereocenters. The summed E-state index contributed by atoms with van der Waals surface area (Å²) in [6.45, 7) is 2.13. The van der Waals surface area contributed by atoms with Crippen molar-refractivity contribution >= 4 is 17.0 Å². The van der Waals surface area contributed by atoms with Gasteiger partial charge in [0.2, 0.25) is 5.95 Å². The van der Waals surface area contributed by atoms with Gasteiger partial charge in [0, 0.05) is 6.20 Å². The minimum absolute atomic E-state index is 0.265. The van der Waals surface area contributed by atoms with Crippen LogP contribution in [-0.2, 0) is 6.42 Å². The molecule has 3 aromatic rings. The third kappa shape index (κ3) is 1.69. The Balaban J connectivity index is 2.22. The van der Waals surface area contributed by atoms with E-state index in [1.165, 1.54) is 5.56 Å². The van der Waals surface area contributed by atoms with Gasteiger partial charge in [-0.05, 0) is 30.2 Å². The normalized spacial score (nSPS) is 10.9. The molecule has 5 heteroatoms. The fourth-order valence-electron chi connectivity index (χ4n) is 1.95. The highest BCUT2D eigenvalue weighted by Gasteiger charge is 2.06. The fourth-order valence-corrected chi connectivity index (χ4v) is 1.95. The second-order valence-corrected chi connectivity index (χ2v) is 4.06. The second-order valence-electron chi connectivity index (χ2n) is 4.06. The Labute approximate surface area is 104 Å². The van der Waals surface area contributed by atoms with Crippen LogP contribution in [0.3, 0.4) is 0 Å². The van der Waals surface area contributed by atoms with Gasteiger partial charge >= 0.3 is 0 Å². The van der Waals surface area contributed by atoms with Gasteiger partial charge in [-0.15, -0.1) is 0 Å². The van der Waals surface area contributed by atoms with Gasteiger partial charge in [0.05, 0.1) is 11.0 Å². The highest BCUT2D eigenvalue weighted by Crippen LogP contribution is 2.18. The van der Waals surface area contributed by atoms with Crippen LogP contribution in [0.2, 0.25) is 0 Å². The molecule has 0 aliphatic rings. The average molecular weight is 239 g/mol. The van der Waals surface area contributed by atoms with E-state index in [9.17, 15) is 0 Å². The van der Waals surface area contributed by atoms with E-state index in [1.807, 2.05) is 16.7 Å². The second kappa shape index (κ2) is 4.10. The highest BCUT2D eigenvalue weighted by molar-refractivity contribution is 5.77. The first-order valence-electron chi connectivity index (χ1n) is 5.83. The molecule has 0 aliphatic heterocycles. The number of anilines is 1. The molecule has 0 unspecified atom stereocenters. The van der Waals surface area contributed by atoms with Crippen LogP contribution in [-0.4, -0.2) is 19.5 Å². The van der Waals surface area contributed by atoms with Crippen molar-refractivity contribution in [1.29, 1.82) is 0 Å². The van der Waals surface area contributed by atoms with E-state index in [0.29, 0.717) is 0 Å². The molecule has 5 nitrogen and oxygen atoms in total. The maximum atomic E-state index is 5.61. The van der Waals surface area contributed by atoms with E-state index in [0.717, 1.165) is 23.3 Å². The van der Waals surface area contributed by atoms with Crippen LogP contribution in [0.25, 0.3) is 16.9 Å². The Morgan fingerprint density at radius 2 is 2.11 bits per heavy atom. The molecule has 0 spiro atoms. The Kier molecular flexibility index (Phi) is 2.44. The van der Waals surface area contributed by atoms with Crippen LogP contribution in [0, 0.1) is 0 Å². The predicted octanol–water partition coefficient (Wildman–Crippen LogP) is 1.96. The fraction of sp³-hybridized carbons (Fsp3) is 0.154. The molecule has 18 heavy (non-hydrogen) atoms. The predicted molar refractivity (Wildman–Crippen MR) is 70.5 cm³/mol. The largest absolute Gasteiger partial charge is 0.368 e. The Morgan fingerprint density at radius 1 is 1.22 bits per heavy atom. The van der Waals surface area contributed by atoms with Gasteiger partial charge in [-0.2, -0.15) is 4.98 Å². The van der Waals surface area contributed by atoms with E-state index in [4.69, 9.17) is 5.73 Å². The number of imidazole rings is 1. The van der Waals surface area contributed by atoms with Gasteiger partial charge in [-0.25, -0.2) is 9.97 Å². The minimum Gasteiger partial charge on any atom is -0.368 e. The number of rotatable bonds is 2. The molecule has 2 aromatic heterocycles. The lowest BCUT2D eigenvalue weighted by Gasteiger charge is -2.04. The SMILES string of the molecule is CCc1ccc2ncn(-c3ccnc(N)n3)c2c1. The van der Waals surface area contributed by atoms with Crippen molar-refractivity contribution in [2.45, 2.75) is 13.3 Å². The number of aryl methyl sites for hydroxylation is 1. The summed E-state index contributed by atoms with van der Waals surface area (Å²) in [5.41, 5.74) is 8.86. The summed E-state index contributed by atoms with van der Waals surface area (Å²) >= 11 is 0. The first-order valence-corrected chi connectivity index (χ1v) is 5.83. The van der Waals surface area contributed by atoms with Crippen LogP contribution in [0.1, 0.15) is 12.5 Å². The standard InChI is InChI=1S/C13H13N5/c1-2-9-3-4-10-11(7-9)18(8-16-10)12-5-6-15-13(14)17-12/h3-8H,2H2,1H3,(H2,14,15,17). The molecule has 90 valence electrons. The van der Waals surface area contributed by atoms with E-state index >= 15 is 0 Å². The van der Waals surface area contributed by atoms with Gasteiger partial charge in [0.15, 0.2) is 0 Å². The zero-order valence-electron chi connectivity index (χ0n) is 10.0. The van der Waals surface area contributed by atoms with Crippen LogP contribution in [0.15, 0.2) is 36.8 Å². The number of nitrogens with zero attached hydrogens (tertiary/aromatic N) is 4. The topological polar surface area (TPSA) is 69.6 Å². The molecule has 0 bridgehead atoms. The highest BCUT2D eigenvalue weighted by atomic mass is 15.1. The molecule has 0 amide bonds. The first kappa shape index (κ1) is 10.7. The quantitative estimate of drug-likeness (QED) is 0.742. The van der Waals surface area contributed by atoms with Crippen LogP contribution < -0.4 is 5.73 Å². The molecule has 0 aliphatic carbocycles. The molecule has 0 radical (unpaired) electrons. The molecule has 2 heterocycles. The molecular weight excluding hydrogens is 226 g/mol. The monoisotopic (exact) mass is 239 g/mol. The van der Waals surface area contributed by atoms with E-state index < -0.39 is 0 Å². The molecular formula is C13H13N5. The maximum absolute atomic E-state index is 5.61. The number of hydrogen-bond acceptors (Lipinski definition) is 4. The summed E-state index contributed by atoms with van der Waals surface area (Å²) < 4.78 is 1.92. The van der Waals surface area contributed by atoms with Crippen LogP contribution >= 0.6 is 0 Å². The van der Waals surface area contributed by atoms with Crippen molar-refractivity contribution in [1.82, 2.24) is 19.5 Å². The number of hydrogen-bond donors (Lipinski definition) is 1. The van der Waals surface area contributed by atoms with Crippen molar-refractivity contribution in [3.8, 4) is 5.82 Å². The van der Waals surface area contributed by atoms with Crippen molar-refractivity contribution in [2.75, 3.05) is 5.73 Å². The summed E-state index contributed by atoms with van der Waals surface area (Å²) in [5.74, 6) is 0.999. The van der Waals surface area contributed by atoms with Gasteiger partial charge in [0.1, 0.15) is 12.1 Å². The number of aromatic nitrogens is 4. The van der Waals surface area contributed by atoms with Crippen LogP contribution in [0.4, 0.5) is 5.95 Å². The number of nitrogen functional groups attached to an aromatic ring is 1. The zero-order chi connectivity index (χ0) is 12.5.